The summed E-state index contributed by atoms with van der Waals surface area (Å²) >= 11 is 0. The minimum Gasteiger partial charge on any atom is -0.356 e. The SMILES string of the molecule is CCCNC(=O)C1CCN(Cc2cccc(NC(=O)c3cccc(C(F)(F)F)n3)c2)CC1. The molecular weight excluding hydrogens is 421 g/mol. The molecule has 32 heavy (non-hydrogen) atoms. The van der Waals surface area contributed by atoms with Crippen molar-refractivity contribution in [1.29, 1.82) is 0 Å². The lowest BCUT2D eigenvalue weighted by Gasteiger charge is -2.31. The number of pyridine rings is 1. The van der Waals surface area contributed by atoms with E-state index in [-0.39, 0.29) is 17.5 Å². The summed E-state index contributed by atoms with van der Waals surface area (Å²) < 4.78 is 38.5. The van der Waals surface area contributed by atoms with Gasteiger partial charge in [0.1, 0.15) is 11.4 Å². The Hall–Kier alpha value is -2.94. The Balaban J connectivity index is 1.56. The fraction of sp³-hybridized carbons (Fsp3) is 0.435. The van der Waals surface area contributed by atoms with Gasteiger partial charge in [0.25, 0.3) is 5.91 Å². The van der Waals surface area contributed by atoms with Gasteiger partial charge in [-0.1, -0.05) is 25.1 Å². The smallest absolute Gasteiger partial charge is 0.356 e. The van der Waals surface area contributed by atoms with Gasteiger partial charge in [-0.2, -0.15) is 13.2 Å². The Morgan fingerprint density at radius 2 is 1.84 bits per heavy atom. The number of benzene rings is 1. The molecule has 3 rings (SSSR count). The van der Waals surface area contributed by atoms with Gasteiger partial charge >= 0.3 is 6.18 Å². The summed E-state index contributed by atoms with van der Waals surface area (Å²) in [7, 11) is 0. The highest BCUT2D eigenvalue weighted by molar-refractivity contribution is 6.02. The van der Waals surface area contributed by atoms with E-state index in [9.17, 15) is 22.8 Å². The van der Waals surface area contributed by atoms with E-state index in [1.807, 2.05) is 13.0 Å². The molecule has 2 aromatic rings. The second-order valence-electron chi connectivity index (χ2n) is 7.90. The van der Waals surface area contributed by atoms with Gasteiger partial charge in [0.2, 0.25) is 5.91 Å². The maximum atomic E-state index is 12.8. The summed E-state index contributed by atoms with van der Waals surface area (Å²) in [4.78, 5) is 30.2. The lowest BCUT2D eigenvalue weighted by Crippen LogP contribution is -2.40. The lowest BCUT2D eigenvalue weighted by atomic mass is 9.95. The Labute approximate surface area is 185 Å². The Morgan fingerprint density at radius 1 is 1.12 bits per heavy atom. The maximum Gasteiger partial charge on any atom is 0.433 e. The molecule has 1 aliphatic heterocycles. The summed E-state index contributed by atoms with van der Waals surface area (Å²) in [5.41, 5.74) is 0.0496. The third-order valence-corrected chi connectivity index (χ3v) is 5.37. The van der Waals surface area contributed by atoms with Gasteiger partial charge in [-0.25, -0.2) is 4.98 Å². The number of alkyl halides is 3. The molecule has 1 saturated heterocycles. The minimum absolute atomic E-state index is 0.0448. The van der Waals surface area contributed by atoms with Crippen molar-refractivity contribution in [3.8, 4) is 0 Å². The number of nitrogens with one attached hydrogen (secondary N) is 2. The monoisotopic (exact) mass is 448 g/mol. The van der Waals surface area contributed by atoms with Crippen LogP contribution in [0.4, 0.5) is 18.9 Å². The lowest BCUT2D eigenvalue weighted by molar-refractivity contribution is -0.141. The van der Waals surface area contributed by atoms with Crippen molar-refractivity contribution in [3.63, 3.8) is 0 Å². The van der Waals surface area contributed by atoms with Crippen LogP contribution in [0, 0.1) is 5.92 Å². The second kappa shape index (κ2) is 10.6. The molecule has 1 aromatic heterocycles. The van der Waals surface area contributed by atoms with Gasteiger partial charge in [-0.15, -0.1) is 0 Å². The largest absolute Gasteiger partial charge is 0.433 e. The average molecular weight is 448 g/mol. The third kappa shape index (κ3) is 6.53. The fourth-order valence-electron chi connectivity index (χ4n) is 3.67. The zero-order valence-corrected chi connectivity index (χ0v) is 17.9. The summed E-state index contributed by atoms with van der Waals surface area (Å²) in [6, 6.07) is 10.4. The molecule has 0 aliphatic carbocycles. The van der Waals surface area contributed by atoms with Crippen LogP contribution in [0.5, 0.6) is 0 Å². The Kier molecular flexibility index (Phi) is 7.84. The number of piperidine rings is 1. The van der Waals surface area contributed by atoms with Crippen molar-refractivity contribution < 1.29 is 22.8 Å². The molecule has 6 nitrogen and oxygen atoms in total. The molecule has 0 unspecified atom stereocenters. The van der Waals surface area contributed by atoms with E-state index in [2.05, 4.69) is 20.5 Å². The van der Waals surface area contributed by atoms with E-state index in [0.717, 1.165) is 50.0 Å². The average Bonchev–Trinajstić information content (AvgIpc) is 2.77. The van der Waals surface area contributed by atoms with Crippen LogP contribution >= 0.6 is 0 Å². The van der Waals surface area contributed by atoms with Crippen LogP contribution < -0.4 is 10.6 Å². The number of carbonyl (C=O) groups excluding carboxylic acids is 2. The predicted molar refractivity (Wildman–Crippen MR) is 115 cm³/mol. The van der Waals surface area contributed by atoms with Crippen molar-refractivity contribution in [2.45, 2.75) is 38.9 Å². The van der Waals surface area contributed by atoms with Crippen molar-refractivity contribution in [1.82, 2.24) is 15.2 Å². The van der Waals surface area contributed by atoms with E-state index in [1.165, 1.54) is 6.07 Å². The number of halogens is 3. The van der Waals surface area contributed by atoms with Crippen molar-refractivity contribution in [2.75, 3.05) is 25.0 Å². The summed E-state index contributed by atoms with van der Waals surface area (Å²) in [5, 5.41) is 5.57. The molecule has 172 valence electrons. The summed E-state index contributed by atoms with van der Waals surface area (Å²) in [6.45, 7) is 4.99. The first-order chi connectivity index (χ1) is 15.3. The van der Waals surface area contributed by atoms with E-state index >= 15 is 0 Å². The molecular formula is C23H27F3N4O2. The molecule has 2 heterocycles. The van der Waals surface area contributed by atoms with Crippen molar-refractivity contribution in [2.24, 2.45) is 5.92 Å². The topological polar surface area (TPSA) is 74.3 Å². The Bertz CT molecular complexity index is 941. The van der Waals surface area contributed by atoms with Crippen LogP contribution in [-0.4, -0.2) is 41.3 Å². The van der Waals surface area contributed by atoms with Crippen LogP contribution in [0.25, 0.3) is 0 Å². The van der Waals surface area contributed by atoms with Gasteiger partial charge in [-0.3, -0.25) is 14.5 Å². The van der Waals surface area contributed by atoms with Gasteiger partial charge in [0.15, 0.2) is 0 Å². The number of nitrogens with zero attached hydrogens (tertiary/aromatic N) is 2. The second-order valence-corrected chi connectivity index (χ2v) is 7.90. The van der Waals surface area contributed by atoms with Gasteiger partial charge in [0, 0.05) is 24.7 Å². The molecule has 9 heteroatoms. The maximum absolute atomic E-state index is 12.8. The highest BCUT2D eigenvalue weighted by Crippen LogP contribution is 2.27. The molecule has 2 amide bonds. The van der Waals surface area contributed by atoms with E-state index in [4.69, 9.17) is 0 Å². The van der Waals surface area contributed by atoms with Crippen molar-refractivity contribution in [3.05, 3.63) is 59.4 Å². The summed E-state index contributed by atoms with van der Waals surface area (Å²) in [6.07, 6.45) is -2.10. The number of rotatable bonds is 7. The number of carbonyl (C=O) groups is 2. The van der Waals surface area contributed by atoms with Crippen LogP contribution in [-0.2, 0) is 17.5 Å². The summed E-state index contributed by atoms with van der Waals surface area (Å²) in [5.74, 6) is -0.532. The third-order valence-electron chi connectivity index (χ3n) is 5.37. The molecule has 0 radical (unpaired) electrons. The number of anilines is 1. The minimum atomic E-state index is -4.61. The molecule has 1 fully saturated rings. The van der Waals surface area contributed by atoms with E-state index < -0.39 is 17.8 Å². The van der Waals surface area contributed by atoms with Crippen LogP contribution in [0.15, 0.2) is 42.5 Å². The number of aromatic nitrogens is 1. The van der Waals surface area contributed by atoms with Gasteiger partial charge in [0.05, 0.1) is 0 Å². The van der Waals surface area contributed by atoms with Gasteiger partial charge < -0.3 is 10.6 Å². The van der Waals surface area contributed by atoms with E-state index in [0.29, 0.717) is 18.8 Å². The quantitative estimate of drug-likeness (QED) is 0.669. The number of likely N-dealkylation sites (tertiary alicyclic amines) is 1. The first-order valence-electron chi connectivity index (χ1n) is 10.7. The number of hydrogen-bond donors (Lipinski definition) is 2. The van der Waals surface area contributed by atoms with Crippen molar-refractivity contribution >= 4 is 17.5 Å². The molecule has 1 aromatic carbocycles. The normalized spacial score (nSPS) is 15.4. The van der Waals surface area contributed by atoms with Crippen LogP contribution in [0.3, 0.4) is 0 Å². The van der Waals surface area contributed by atoms with E-state index in [1.54, 1.807) is 18.2 Å². The molecule has 0 bridgehead atoms. The molecule has 1 aliphatic rings. The standard InChI is InChI=1S/C23H27F3N4O2/c1-2-11-27-21(31)17-9-12-30(13-10-17)15-16-5-3-6-18(14-16)28-22(32)19-7-4-8-20(29-19)23(24,25)26/h3-8,14,17H,2,9-13,15H2,1H3,(H,27,31)(H,28,32). The number of amides is 2. The zero-order valence-electron chi connectivity index (χ0n) is 17.9. The first-order valence-corrected chi connectivity index (χ1v) is 10.7. The highest BCUT2D eigenvalue weighted by atomic mass is 19.4. The number of hydrogen-bond acceptors (Lipinski definition) is 4. The molecule has 0 saturated carbocycles. The van der Waals surface area contributed by atoms with Crippen LogP contribution in [0.2, 0.25) is 0 Å². The van der Waals surface area contributed by atoms with Gasteiger partial charge in [-0.05, 0) is 62.2 Å². The zero-order chi connectivity index (χ0) is 23.1. The fourth-order valence-corrected chi connectivity index (χ4v) is 3.67. The molecule has 2 N–H and O–H groups in total. The molecule has 0 atom stereocenters. The molecule has 0 spiro atoms. The highest BCUT2D eigenvalue weighted by Gasteiger charge is 2.33. The van der Waals surface area contributed by atoms with Crippen LogP contribution in [0.1, 0.15) is 47.9 Å². The Morgan fingerprint density at radius 3 is 2.53 bits per heavy atom. The predicted octanol–water partition coefficient (Wildman–Crippen LogP) is 4.09. The first kappa shape index (κ1) is 23.7.